The predicted molar refractivity (Wildman–Crippen MR) is 120 cm³/mol. The van der Waals surface area contributed by atoms with Crippen LogP contribution in [-0.2, 0) is 0 Å². The van der Waals surface area contributed by atoms with Crippen LogP contribution in [-0.4, -0.2) is 52.6 Å². The Labute approximate surface area is 188 Å². The second kappa shape index (κ2) is 7.35. The van der Waals surface area contributed by atoms with Gasteiger partial charge in [0.2, 0.25) is 0 Å². The third kappa shape index (κ3) is 3.23. The molecule has 2 heterocycles. The van der Waals surface area contributed by atoms with E-state index in [1.54, 1.807) is 0 Å². The van der Waals surface area contributed by atoms with Crippen molar-refractivity contribution in [3.8, 4) is 11.3 Å². The molecular weight excluding hydrogens is 410 g/mol. The minimum atomic E-state index is 0.0128. The van der Waals surface area contributed by atoms with Crippen LogP contribution in [0, 0.1) is 24.7 Å². The summed E-state index contributed by atoms with van der Waals surface area (Å²) in [5, 5.41) is 4.77. The lowest BCUT2D eigenvalue weighted by Crippen LogP contribution is -2.64. The van der Waals surface area contributed by atoms with Crippen LogP contribution in [0.1, 0.15) is 54.6 Å². The number of nitrogens with zero attached hydrogens (tertiary/aromatic N) is 3. The van der Waals surface area contributed by atoms with Crippen LogP contribution in [0.5, 0.6) is 0 Å². The molecule has 0 spiro atoms. The molecule has 5 nitrogen and oxygen atoms in total. The number of benzene rings is 1. The number of aryl methyl sites for hydroxylation is 1. The first-order chi connectivity index (χ1) is 15.0. The summed E-state index contributed by atoms with van der Waals surface area (Å²) in [5.41, 5.74) is 2.27. The van der Waals surface area contributed by atoms with Gasteiger partial charge in [0.1, 0.15) is 17.0 Å². The molecule has 5 fully saturated rings. The van der Waals surface area contributed by atoms with E-state index in [0.29, 0.717) is 27.6 Å². The first kappa shape index (κ1) is 19.8. The molecule has 1 aromatic heterocycles. The van der Waals surface area contributed by atoms with Gasteiger partial charge in [0, 0.05) is 37.3 Å². The molecule has 0 unspecified atom stereocenters. The Morgan fingerprint density at radius 1 is 1.03 bits per heavy atom. The standard InChI is InChI=1S/C25H30ClN3O2/c1-16-22(23(27-31-16)20-4-2-3-5-21(20)26)24(30)28-6-8-29(9-7-28)25-13-17-10-18(14-25)12-19(11-17)15-25/h2-5,17-19H,6-15H2,1H3. The van der Waals surface area contributed by atoms with E-state index >= 15 is 0 Å². The Balaban J connectivity index is 1.20. The van der Waals surface area contributed by atoms with Crippen LogP contribution in [0.3, 0.4) is 0 Å². The minimum Gasteiger partial charge on any atom is -0.360 e. The number of halogens is 1. The molecular formula is C25H30ClN3O2. The summed E-state index contributed by atoms with van der Waals surface area (Å²) in [7, 11) is 0. The number of carbonyl (C=O) groups excluding carboxylic acids is 1. The molecule has 7 rings (SSSR count). The Morgan fingerprint density at radius 2 is 1.65 bits per heavy atom. The molecule has 6 heteroatoms. The van der Waals surface area contributed by atoms with Crippen LogP contribution < -0.4 is 0 Å². The summed E-state index contributed by atoms with van der Waals surface area (Å²) in [6.45, 7) is 5.31. The fraction of sp³-hybridized carbons (Fsp3) is 0.600. The van der Waals surface area contributed by atoms with Gasteiger partial charge in [0.25, 0.3) is 5.91 Å². The lowest BCUT2D eigenvalue weighted by atomic mass is 9.52. The highest BCUT2D eigenvalue weighted by molar-refractivity contribution is 6.33. The van der Waals surface area contributed by atoms with Crippen molar-refractivity contribution in [2.75, 3.05) is 26.2 Å². The van der Waals surface area contributed by atoms with Gasteiger partial charge >= 0.3 is 0 Å². The first-order valence-corrected chi connectivity index (χ1v) is 12.2. The third-order valence-electron chi connectivity index (χ3n) is 8.45. The van der Waals surface area contributed by atoms with Crippen LogP contribution in [0.15, 0.2) is 28.8 Å². The normalized spacial score (nSPS) is 32.6. The van der Waals surface area contributed by atoms with E-state index < -0.39 is 0 Å². The zero-order valence-electron chi connectivity index (χ0n) is 18.1. The Hall–Kier alpha value is -1.85. The maximum Gasteiger partial charge on any atom is 0.259 e. The Kier molecular flexibility index (Phi) is 4.69. The number of rotatable bonds is 3. The molecule has 5 aliphatic rings. The van der Waals surface area contributed by atoms with Gasteiger partial charge in [-0.2, -0.15) is 0 Å². The quantitative estimate of drug-likeness (QED) is 0.673. The highest BCUT2D eigenvalue weighted by Crippen LogP contribution is 2.57. The Bertz CT molecular complexity index is 973. The van der Waals surface area contributed by atoms with E-state index in [4.69, 9.17) is 16.1 Å². The van der Waals surface area contributed by atoms with Crippen molar-refractivity contribution in [1.82, 2.24) is 15.0 Å². The lowest BCUT2D eigenvalue weighted by Gasteiger charge is -2.61. The van der Waals surface area contributed by atoms with Crippen molar-refractivity contribution < 1.29 is 9.32 Å². The van der Waals surface area contributed by atoms with Crippen LogP contribution in [0.4, 0.5) is 0 Å². The average molecular weight is 440 g/mol. The van der Waals surface area contributed by atoms with Gasteiger partial charge in [-0.3, -0.25) is 9.69 Å². The summed E-state index contributed by atoms with van der Waals surface area (Å²) >= 11 is 6.39. The molecule has 31 heavy (non-hydrogen) atoms. The van der Waals surface area contributed by atoms with Crippen molar-refractivity contribution >= 4 is 17.5 Å². The third-order valence-corrected chi connectivity index (χ3v) is 8.78. The van der Waals surface area contributed by atoms with Crippen molar-refractivity contribution in [1.29, 1.82) is 0 Å². The molecule has 164 valence electrons. The number of aromatic nitrogens is 1. The van der Waals surface area contributed by atoms with E-state index in [2.05, 4.69) is 10.1 Å². The molecule has 1 aliphatic heterocycles. The SMILES string of the molecule is Cc1onc(-c2ccccc2Cl)c1C(=O)N1CCN(C23CC4CC(CC(C4)C2)C3)CC1. The number of carbonyl (C=O) groups is 1. The number of piperazine rings is 1. The van der Waals surface area contributed by atoms with Gasteiger partial charge in [0.05, 0.1) is 5.02 Å². The lowest BCUT2D eigenvalue weighted by molar-refractivity contribution is -0.0987. The fourth-order valence-electron chi connectivity index (χ4n) is 7.46. The molecule has 0 atom stereocenters. The molecule has 4 bridgehead atoms. The molecule has 0 radical (unpaired) electrons. The van der Waals surface area contributed by atoms with Crippen molar-refractivity contribution in [2.24, 2.45) is 17.8 Å². The zero-order valence-corrected chi connectivity index (χ0v) is 18.9. The summed E-state index contributed by atoms with van der Waals surface area (Å²) in [4.78, 5) is 18.2. The van der Waals surface area contributed by atoms with Crippen molar-refractivity contribution in [2.45, 2.75) is 51.0 Å². The van der Waals surface area contributed by atoms with Crippen molar-refractivity contribution in [3.63, 3.8) is 0 Å². The van der Waals surface area contributed by atoms with E-state index in [9.17, 15) is 4.79 Å². The summed E-state index contributed by atoms with van der Waals surface area (Å²) in [5.74, 6) is 3.42. The maximum atomic E-state index is 13.5. The predicted octanol–water partition coefficient (Wildman–Crippen LogP) is 5.03. The van der Waals surface area contributed by atoms with Crippen molar-refractivity contribution in [3.05, 3.63) is 40.6 Å². The summed E-state index contributed by atoms with van der Waals surface area (Å²) in [6.07, 6.45) is 8.55. The summed E-state index contributed by atoms with van der Waals surface area (Å²) < 4.78 is 5.44. The second-order valence-corrected chi connectivity index (χ2v) is 10.8. The van der Waals surface area contributed by atoms with Crippen LogP contribution in [0.25, 0.3) is 11.3 Å². The van der Waals surface area contributed by atoms with E-state index in [-0.39, 0.29) is 5.91 Å². The van der Waals surface area contributed by atoms with Gasteiger partial charge in [-0.15, -0.1) is 0 Å². The Morgan fingerprint density at radius 3 is 2.26 bits per heavy atom. The van der Waals surface area contributed by atoms with Gasteiger partial charge in [-0.1, -0.05) is 35.0 Å². The van der Waals surface area contributed by atoms with E-state index in [1.807, 2.05) is 36.1 Å². The van der Waals surface area contributed by atoms with Crippen LogP contribution in [0.2, 0.25) is 5.02 Å². The molecule has 4 aliphatic carbocycles. The fourth-order valence-corrected chi connectivity index (χ4v) is 7.68. The minimum absolute atomic E-state index is 0.0128. The molecule has 0 N–H and O–H groups in total. The monoisotopic (exact) mass is 439 g/mol. The summed E-state index contributed by atoms with van der Waals surface area (Å²) in [6, 6.07) is 7.49. The number of amides is 1. The zero-order chi connectivity index (χ0) is 21.2. The average Bonchev–Trinajstić information content (AvgIpc) is 3.14. The van der Waals surface area contributed by atoms with Gasteiger partial charge in [0.15, 0.2) is 0 Å². The largest absolute Gasteiger partial charge is 0.360 e. The van der Waals surface area contributed by atoms with Gasteiger partial charge < -0.3 is 9.42 Å². The number of hydrogen-bond donors (Lipinski definition) is 0. The highest BCUT2D eigenvalue weighted by Gasteiger charge is 2.53. The maximum absolute atomic E-state index is 13.5. The highest BCUT2D eigenvalue weighted by atomic mass is 35.5. The molecule has 2 aromatic rings. The smallest absolute Gasteiger partial charge is 0.259 e. The first-order valence-electron chi connectivity index (χ1n) is 11.8. The second-order valence-electron chi connectivity index (χ2n) is 10.4. The van der Waals surface area contributed by atoms with Gasteiger partial charge in [-0.25, -0.2) is 0 Å². The molecule has 1 aromatic carbocycles. The van der Waals surface area contributed by atoms with E-state index in [0.717, 1.165) is 49.5 Å². The van der Waals surface area contributed by atoms with Gasteiger partial charge in [-0.05, 0) is 69.3 Å². The van der Waals surface area contributed by atoms with Crippen LogP contribution >= 0.6 is 11.6 Å². The topological polar surface area (TPSA) is 49.6 Å². The number of hydrogen-bond acceptors (Lipinski definition) is 4. The molecule has 1 amide bonds. The van der Waals surface area contributed by atoms with E-state index in [1.165, 1.54) is 38.5 Å². The molecule has 1 saturated heterocycles. The molecule has 4 saturated carbocycles.